The van der Waals surface area contributed by atoms with Crippen molar-refractivity contribution in [3.63, 3.8) is 0 Å². The van der Waals surface area contributed by atoms with Crippen LogP contribution < -0.4 is 5.32 Å². The van der Waals surface area contributed by atoms with Crippen LogP contribution in [0.2, 0.25) is 0 Å². The first-order valence-electron chi connectivity index (χ1n) is 5.98. The molecule has 0 radical (unpaired) electrons. The maximum absolute atomic E-state index is 11.4. The van der Waals surface area contributed by atoms with E-state index in [4.69, 9.17) is 0 Å². The minimum atomic E-state index is -0.498. The number of rotatable bonds is 4. The fraction of sp³-hybridized carbons (Fsp3) is 0.462. The van der Waals surface area contributed by atoms with Gasteiger partial charge < -0.3 is 10.3 Å². The Morgan fingerprint density at radius 2 is 2.11 bits per heavy atom. The summed E-state index contributed by atoms with van der Waals surface area (Å²) in [6.07, 6.45) is 7.41. The average molecular weight is 251 g/mol. The summed E-state index contributed by atoms with van der Waals surface area (Å²) in [5.41, 5.74) is 0.748. The van der Waals surface area contributed by atoms with E-state index in [9.17, 15) is 9.59 Å². The summed E-state index contributed by atoms with van der Waals surface area (Å²) in [6.45, 7) is 7.27. The molecule has 1 aromatic rings. The van der Waals surface area contributed by atoms with Gasteiger partial charge in [-0.25, -0.2) is 4.98 Å². The van der Waals surface area contributed by atoms with Crippen molar-refractivity contribution in [2.24, 2.45) is 0 Å². The third-order valence-electron chi connectivity index (χ3n) is 1.79. The molecule has 0 saturated heterocycles. The highest BCUT2D eigenvalue weighted by Crippen LogP contribution is 1.96. The summed E-state index contributed by atoms with van der Waals surface area (Å²) < 4.78 is 0. The first-order chi connectivity index (χ1) is 8.51. The fourth-order valence-electron chi connectivity index (χ4n) is 1.05. The Labute approximate surface area is 108 Å². The zero-order valence-electron chi connectivity index (χ0n) is 11.4. The molecule has 1 rings (SSSR count). The maximum atomic E-state index is 11.4. The molecule has 1 aromatic heterocycles. The number of hydrogen-bond acceptors (Lipinski definition) is 3. The van der Waals surface area contributed by atoms with E-state index in [0.717, 1.165) is 5.69 Å². The Kier molecular flexibility index (Phi) is 8.18. The Hall–Kier alpha value is -1.91. The summed E-state index contributed by atoms with van der Waals surface area (Å²) in [5, 5.41) is 2.51. The first-order valence-corrected chi connectivity index (χ1v) is 5.98. The van der Waals surface area contributed by atoms with E-state index in [-0.39, 0.29) is 11.7 Å². The first kappa shape index (κ1) is 16.1. The van der Waals surface area contributed by atoms with Crippen molar-refractivity contribution in [3.8, 4) is 0 Å². The molecule has 5 heteroatoms. The number of ketones is 1. The summed E-state index contributed by atoms with van der Waals surface area (Å²) in [6, 6.07) is -0.498. The predicted molar refractivity (Wildman–Crippen MR) is 71.9 cm³/mol. The number of aromatic nitrogens is 2. The molecule has 100 valence electrons. The van der Waals surface area contributed by atoms with Crippen LogP contribution in [0.15, 0.2) is 18.6 Å². The summed E-state index contributed by atoms with van der Waals surface area (Å²) in [4.78, 5) is 28.8. The molecular formula is C13H21N3O2. The van der Waals surface area contributed by atoms with Gasteiger partial charge in [-0.05, 0) is 19.1 Å². The average Bonchev–Trinajstić information content (AvgIpc) is 2.78. The maximum Gasteiger partial charge on any atom is 0.217 e. The van der Waals surface area contributed by atoms with Gasteiger partial charge in [-0.3, -0.25) is 9.59 Å². The minimum absolute atomic E-state index is 0.153. The molecule has 0 aliphatic rings. The van der Waals surface area contributed by atoms with Crippen molar-refractivity contribution < 1.29 is 9.59 Å². The van der Waals surface area contributed by atoms with Crippen molar-refractivity contribution in [2.45, 2.75) is 40.2 Å². The number of nitrogens with zero attached hydrogens (tertiary/aromatic N) is 1. The van der Waals surface area contributed by atoms with Crippen LogP contribution in [0.4, 0.5) is 0 Å². The largest absolute Gasteiger partial charge is 0.346 e. The molecule has 2 N–H and O–H groups in total. The molecule has 0 unspecified atom stereocenters. The zero-order valence-corrected chi connectivity index (χ0v) is 11.4. The van der Waals surface area contributed by atoms with Crippen LogP contribution >= 0.6 is 0 Å². The van der Waals surface area contributed by atoms with Gasteiger partial charge in [-0.2, -0.15) is 0 Å². The summed E-state index contributed by atoms with van der Waals surface area (Å²) in [7, 11) is 0. The van der Waals surface area contributed by atoms with E-state index in [0.29, 0.717) is 0 Å². The number of H-pyrrole nitrogens is 1. The smallest absolute Gasteiger partial charge is 0.217 e. The van der Waals surface area contributed by atoms with Crippen LogP contribution in [0.1, 0.15) is 39.8 Å². The molecule has 0 aromatic carbocycles. The van der Waals surface area contributed by atoms with Crippen LogP contribution in [0.5, 0.6) is 0 Å². The van der Waals surface area contributed by atoms with E-state index in [2.05, 4.69) is 29.1 Å². The Balaban J connectivity index is 0.000000873. The topological polar surface area (TPSA) is 74.8 Å². The van der Waals surface area contributed by atoms with Gasteiger partial charge >= 0.3 is 0 Å². The fourth-order valence-corrected chi connectivity index (χ4v) is 1.05. The van der Waals surface area contributed by atoms with Crippen LogP contribution in [0.3, 0.4) is 0 Å². The number of carbonyl (C=O) groups excluding carboxylic acids is 2. The van der Waals surface area contributed by atoms with Gasteiger partial charge in [0.25, 0.3) is 0 Å². The third kappa shape index (κ3) is 7.38. The molecule has 0 aliphatic carbocycles. The highest BCUT2D eigenvalue weighted by atomic mass is 16.2. The Morgan fingerprint density at radius 1 is 1.50 bits per heavy atom. The second-order valence-corrected chi connectivity index (χ2v) is 3.87. The van der Waals surface area contributed by atoms with Crippen molar-refractivity contribution in [3.05, 3.63) is 24.3 Å². The number of hydrogen-bond donors (Lipinski definition) is 2. The second-order valence-electron chi connectivity index (χ2n) is 3.87. The van der Waals surface area contributed by atoms with Gasteiger partial charge in [0, 0.05) is 6.92 Å². The standard InChI is InChI=1S/C10H13N3O2.C3H8/c1-7(13-8(2)14)10(15)4-3-9-5-11-6-12-9;1-3-2/h3-7H,1-2H3,(H,11,12)(H,13,14);3H2,1-2H3/b4-3+;/t7-;/m0./s1. The lowest BCUT2D eigenvalue weighted by molar-refractivity contribution is -0.124. The van der Waals surface area contributed by atoms with Gasteiger partial charge in [0.05, 0.1) is 24.3 Å². The van der Waals surface area contributed by atoms with Crippen molar-refractivity contribution in [1.82, 2.24) is 15.3 Å². The number of imidazole rings is 1. The molecule has 1 atom stereocenters. The van der Waals surface area contributed by atoms with Crippen LogP contribution in [0.25, 0.3) is 6.08 Å². The third-order valence-corrected chi connectivity index (χ3v) is 1.79. The molecule has 0 bridgehead atoms. The lowest BCUT2D eigenvalue weighted by Gasteiger charge is -2.07. The van der Waals surface area contributed by atoms with Gasteiger partial charge in [0.1, 0.15) is 0 Å². The van der Waals surface area contributed by atoms with E-state index < -0.39 is 6.04 Å². The minimum Gasteiger partial charge on any atom is -0.346 e. The summed E-state index contributed by atoms with van der Waals surface area (Å²) in [5.74, 6) is -0.370. The van der Waals surface area contributed by atoms with E-state index >= 15 is 0 Å². The SMILES string of the molecule is CC(=O)N[C@@H](C)C(=O)/C=C/c1cnc[nH]1.CCC. The number of nitrogens with one attached hydrogen (secondary N) is 2. The van der Waals surface area contributed by atoms with Gasteiger partial charge in [-0.1, -0.05) is 20.3 Å². The molecule has 0 fully saturated rings. The van der Waals surface area contributed by atoms with Crippen LogP contribution in [-0.4, -0.2) is 27.7 Å². The lowest BCUT2D eigenvalue weighted by atomic mass is 10.2. The van der Waals surface area contributed by atoms with Gasteiger partial charge in [0.2, 0.25) is 5.91 Å². The molecule has 0 spiro atoms. The molecule has 1 amide bonds. The van der Waals surface area contributed by atoms with E-state index in [1.54, 1.807) is 19.2 Å². The molecule has 0 aliphatic heterocycles. The quantitative estimate of drug-likeness (QED) is 0.803. The van der Waals surface area contributed by atoms with Crippen molar-refractivity contribution in [2.75, 3.05) is 0 Å². The number of aromatic amines is 1. The molecular weight excluding hydrogens is 230 g/mol. The molecule has 1 heterocycles. The van der Waals surface area contributed by atoms with Gasteiger partial charge in [-0.15, -0.1) is 0 Å². The molecule has 5 nitrogen and oxygen atoms in total. The van der Waals surface area contributed by atoms with Gasteiger partial charge in [0.15, 0.2) is 5.78 Å². The normalized spacial score (nSPS) is 11.6. The molecule has 0 saturated carbocycles. The van der Waals surface area contributed by atoms with E-state index in [1.165, 1.54) is 25.7 Å². The highest BCUT2D eigenvalue weighted by molar-refractivity contribution is 5.98. The van der Waals surface area contributed by atoms with Crippen LogP contribution in [0, 0.1) is 0 Å². The second kappa shape index (κ2) is 9.15. The van der Waals surface area contributed by atoms with Crippen LogP contribution in [-0.2, 0) is 9.59 Å². The van der Waals surface area contributed by atoms with E-state index in [1.807, 2.05) is 0 Å². The zero-order chi connectivity index (χ0) is 14.0. The lowest BCUT2D eigenvalue weighted by Crippen LogP contribution is -2.36. The Morgan fingerprint density at radius 3 is 2.56 bits per heavy atom. The number of carbonyl (C=O) groups is 2. The molecule has 18 heavy (non-hydrogen) atoms. The number of amides is 1. The Bertz CT molecular complexity index is 383. The summed E-state index contributed by atoms with van der Waals surface area (Å²) >= 11 is 0. The van der Waals surface area contributed by atoms with Crippen molar-refractivity contribution >= 4 is 17.8 Å². The highest BCUT2D eigenvalue weighted by Gasteiger charge is 2.09. The predicted octanol–water partition coefficient (Wildman–Crippen LogP) is 1.93. The monoisotopic (exact) mass is 251 g/mol. The van der Waals surface area contributed by atoms with Crippen molar-refractivity contribution in [1.29, 1.82) is 0 Å².